The maximum Gasteiger partial charge on any atom is 0.322 e. The first-order valence-corrected chi connectivity index (χ1v) is 14.7. The van der Waals surface area contributed by atoms with E-state index in [4.69, 9.17) is 20.7 Å². The predicted octanol–water partition coefficient (Wildman–Crippen LogP) is 2.16. The maximum atomic E-state index is 12.9. The number of nitrogens with one attached hydrogen (secondary N) is 2. The maximum absolute atomic E-state index is 12.9. The molecule has 11 nitrogen and oxygen atoms in total. The van der Waals surface area contributed by atoms with Gasteiger partial charge in [0.15, 0.2) is 0 Å². The third-order valence-electron chi connectivity index (χ3n) is 6.92. The highest BCUT2D eigenvalue weighted by atomic mass is 32.2. The van der Waals surface area contributed by atoms with Crippen molar-refractivity contribution in [1.29, 1.82) is 0 Å². The van der Waals surface area contributed by atoms with Crippen molar-refractivity contribution in [3.63, 3.8) is 0 Å². The SMILES string of the molecule is CCC[C@@H](SC[C@H](NC(=O)CC[C@H](N)C(=O)O)C(=O)NCC(=O)O)C1=C2CCC(Cc3ccccc3)=C[C@H]2C(=O)O1. The molecule has 0 bridgehead atoms. The van der Waals surface area contributed by atoms with Gasteiger partial charge in [-0.2, -0.15) is 0 Å². The largest absolute Gasteiger partial charge is 0.480 e. The number of carbonyl (C=O) groups is 5. The van der Waals surface area contributed by atoms with E-state index in [1.54, 1.807) is 0 Å². The monoisotopic (exact) mass is 587 g/mol. The van der Waals surface area contributed by atoms with E-state index < -0.39 is 48.3 Å². The molecule has 0 radical (unpaired) electrons. The van der Waals surface area contributed by atoms with E-state index in [1.165, 1.54) is 22.9 Å². The van der Waals surface area contributed by atoms with E-state index in [1.807, 2.05) is 31.2 Å². The number of hydrogen-bond acceptors (Lipinski definition) is 8. The Morgan fingerprint density at radius 2 is 1.85 bits per heavy atom. The molecule has 1 aromatic rings. The zero-order valence-corrected chi connectivity index (χ0v) is 23.8. The van der Waals surface area contributed by atoms with Crippen LogP contribution in [0, 0.1) is 5.92 Å². The van der Waals surface area contributed by atoms with Crippen LogP contribution >= 0.6 is 11.8 Å². The quantitative estimate of drug-likeness (QED) is 0.142. The molecule has 0 fully saturated rings. The van der Waals surface area contributed by atoms with Gasteiger partial charge in [-0.3, -0.25) is 24.0 Å². The van der Waals surface area contributed by atoms with Crippen LogP contribution < -0.4 is 16.4 Å². The van der Waals surface area contributed by atoms with Crippen LogP contribution in [0.3, 0.4) is 0 Å². The van der Waals surface area contributed by atoms with E-state index in [-0.39, 0.29) is 29.8 Å². The minimum Gasteiger partial charge on any atom is -0.480 e. The van der Waals surface area contributed by atoms with E-state index in [0.717, 1.165) is 24.8 Å². The van der Waals surface area contributed by atoms with Gasteiger partial charge in [-0.15, -0.1) is 11.8 Å². The molecule has 1 aliphatic heterocycles. The van der Waals surface area contributed by atoms with Crippen molar-refractivity contribution in [3.05, 3.63) is 58.9 Å². The van der Waals surface area contributed by atoms with Gasteiger partial charge in [0, 0.05) is 12.2 Å². The van der Waals surface area contributed by atoms with Gasteiger partial charge in [-0.25, -0.2) is 0 Å². The number of ether oxygens (including phenoxy) is 1. The van der Waals surface area contributed by atoms with Crippen LogP contribution in [0.4, 0.5) is 0 Å². The highest BCUT2D eigenvalue weighted by molar-refractivity contribution is 8.00. The number of amides is 2. The van der Waals surface area contributed by atoms with Gasteiger partial charge >= 0.3 is 17.9 Å². The molecule has 222 valence electrons. The minimum atomic E-state index is -1.24. The first-order chi connectivity index (χ1) is 19.6. The Morgan fingerprint density at radius 1 is 1.12 bits per heavy atom. The number of fused-ring (bicyclic) bond motifs is 1. The first-order valence-electron chi connectivity index (χ1n) is 13.7. The fraction of sp³-hybridized carbons (Fsp3) is 0.483. The molecule has 0 saturated heterocycles. The number of esters is 1. The van der Waals surface area contributed by atoms with Crippen LogP contribution in [-0.2, 0) is 35.1 Å². The van der Waals surface area contributed by atoms with Gasteiger partial charge in [0.1, 0.15) is 30.3 Å². The Balaban J connectivity index is 1.72. The number of thioether (sulfide) groups is 1. The van der Waals surface area contributed by atoms with Crippen molar-refractivity contribution in [3.8, 4) is 0 Å². The lowest BCUT2D eigenvalue weighted by Gasteiger charge is -2.23. The lowest BCUT2D eigenvalue weighted by atomic mass is 9.83. The Bertz CT molecular complexity index is 1200. The molecule has 3 rings (SSSR count). The van der Waals surface area contributed by atoms with Crippen molar-refractivity contribution in [1.82, 2.24) is 10.6 Å². The van der Waals surface area contributed by atoms with Crippen LogP contribution in [0.15, 0.2) is 53.3 Å². The van der Waals surface area contributed by atoms with Gasteiger partial charge in [0.25, 0.3) is 0 Å². The number of carboxylic acid groups (broad SMARTS) is 2. The topological polar surface area (TPSA) is 185 Å². The summed E-state index contributed by atoms with van der Waals surface area (Å²) in [7, 11) is 0. The number of cyclic esters (lactones) is 1. The summed E-state index contributed by atoms with van der Waals surface area (Å²) in [6.45, 7) is 1.38. The second kappa shape index (κ2) is 15.4. The smallest absolute Gasteiger partial charge is 0.322 e. The fourth-order valence-corrected chi connectivity index (χ4v) is 6.20. The van der Waals surface area contributed by atoms with Crippen molar-refractivity contribution >= 4 is 41.5 Å². The van der Waals surface area contributed by atoms with E-state index in [0.29, 0.717) is 18.6 Å². The summed E-state index contributed by atoms with van der Waals surface area (Å²) in [5, 5.41) is 22.5. The number of hydrogen-bond donors (Lipinski definition) is 5. The van der Waals surface area contributed by atoms with Crippen molar-refractivity contribution < 1.29 is 38.9 Å². The summed E-state index contributed by atoms with van der Waals surface area (Å²) in [5.41, 5.74) is 8.77. The Morgan fingerprint density at radius 3 is 2.51 bits per heavy atom. The summed E-state index contributed by atoms with van der Waals surface area (Å²) < 4.78 is 5.80. The van der Waals surface area contributed by atoms with Crippen LogP contribution in [-0.4, -0.2) is 69.6 Å². The molecule has 4 atom stereocenters. The number of allylic oxidation sites excluding steroid dienone is 1. The van der Waals surface area contributed by atoms with Gasteiger partial charge in [-0.1, -0.05) is 55.3 Å². The Labute approximate surface area is 243 Å². The molecule has 0 spiro atoms. The molecule has 0 saturated carbocycles. The molecule has 12 heteroatoms. The third-order valence-corrected chi connectivity index (χ3v) is 8.30. The standard InChI is InChI=1S/C29H37N3O8S/c1-2-6-23(26-19-10-9-18(14-20(19)29(39)40-26)13-17-7-4-3-5-8-17)41-16-22(27(36)31-15-25(34)35)32-24(33)12-11-21(30)28(37)38/h3-5,7-8,14,20-23H,2,6,9-13,15-16,30H2,1H3,(H,31,36)(H,32,33)(H,34,35)(H,37,38)/t20-,21+,22+,23-/m1/s1. The average Bonchev–Trinajstić information content (AvgIpc) is 3.27. The second-order valence-electron chi connectivity index (χ2n) is 10.1. The second-order valence-corrected chi connectivity index (χ2v) is 11.3. The number of aliphatic carboxylic acids is 2. The van der Waals surface area contributed by atoms with Gasteiger partial charge in [0.2, 0.25) is 11.8 Å². The summed E-state index contributed by atoms with van der Waals surface area (Å²) in [5.74, 6) is -3.81. The van der Waals surface area contributed by atoms with E-state index >= 15 is 0 Å². The lowest BCUT2D eigenvalue weighted by molar-refractivity contribution is -0.140. The zero-order valence-electron chi connectivity index (χ0n) is 23.0. The number of carbonyl (C=O) groups excluding carboxylic acids is 3. The van der Waals surface area contributed by atoms with Gasteiger partial charge < -0.3 is 31.3 Å². The van der Waals surface area contributed by atoms with Crippen molar-refractivity contribution in [2.24, 2.45) is 11.7 Å². The van der Waals surface area contributed by atoms with Crippen LogP contribution in [0.2, 0.25) is 0 Å². The van der Waals surface area contributed by atoms with Crippen molar-refractivity contribution in [2.45, 2.75) is 69.2 Å². The van der Waals surface area contributed by atoms with E-state index in [9.17, 15) is 24.0 Å². The predicted molar refractivity (Wildman–Crippen MR) is 153 cm³/mol. The molecule has 0 unspecified atom stereocenters. The van der Waals surface area contributed by atoms with Gasteiger partial charge in [-0.05, 0) is 43.2 Å². The average molecular weight is 588 g/mol. The normalized spacial score (nSPS) is 18.4. The molecule has 6 N–H and O–H groups in total. The Kier molecular flexibility index (Phi) is 12.0. The Hall–Kier alpha value is -3.64. The zero-order chi connectivity index (χ0) is 29.9. The lowest BCUT2D eigenvalue weighted by Crippen LogP contribution is -2.49. The van der Waals surface area contributed by atoms with E-state index in [2.05, 4.69) is 22.8 Å². The highest BCUT2D eigenvalue weighted by Gasteiger charge is 2.39. The summed E-state index contributed by atoms with van der Waals surface area (Å²) in [4.78, 5) is 60.1. The fourth-order valence-electron chi connectivity index (χ4n) is 4.78. The highest BCUT2D eigenvalue weighted by Crippen LogP contribution is 2.42. The number of carboxylic acids is 2. The molecule has 1 aliphatic carbocycles. The molecule has 2 amide bonds. The summed E-state index contributed by atoms with van der Waals surface area (Å²) >= 11 is 1.35. The molecular weight excluding hydrogens is 550 g/mol. The number of benzene rings is 1. The van der Waals surface area contributed by atoms with Crippen LogP contribution in [0.25, 0.3) is 0 Å². The molecule has 1 aromatic carbocycles. The number of nitrogens with two attached hydrogens (primary N) is 1. The molecule has 2 aliphatic rings. The molecule has 0 aromatic heterocycles. The van der Waals surface area contributed by atoms with Gasteiger partial charge in [0.05, 0.1) is 5.25 Å². The first kappa shape index (κ1) is 31.9. The van der Waals surface area contributed by atoms with Crippen LogP contribution in [0.5, 0.6) is 0 Å². The minimum absolute atomic E-state index is 0.0843. The number of rotatable bonds is 16. The van der Waals surface area contributed by atoms with Crippen molar-refractivity contribution in [2.75, 3.05) is 12.3 Å². The third kappa shape index (κ3) is 9.46. The van der Waals surface area contributed by atoms with Crippen LogP contribution in [0.1, 0.15) is 51.0 Å². The summed E-state index contributed by atoms with van der Waals surface area (Å²) in [6, 6.07) is 7.74. The summed E-state index contributed by atoms with van der Waals surface area (Å²) in [6.07, 6.45) is 5.36. The molecule has 1 heterocycles. The molecule has 41 heavy (non-hydrogen) atoms. The molecular formula is C29H37N3O8S.